The number of carboxylic acid groups (broad SMARTS) is 1. The zero-order valence-electron chi connectivity index (χ0n) is 9.64. The van der Waals surface area contributed by atoms with Crippen LogP contribution in [0.1, 0.15) is 21.6 Å². The van der Waals surface area contributed by atoms with Crippen molar-refractivity contribution in [2.24, 2.45) is 0 Å². The largest absolute Gasteiger partial charge is 0.477 e. The smallest absolute Gasteiger partial charge is 0.354 e. The third-order valence-electron chi connectivity index (χ3n) is 2.67. The van der Waals surface area contributed by atoms with E-state index in [1.54, 1.807) is 18.2 Å². The number of rotatable bonds is 4. The predicted octanol–water partition coefficient (Wildman–Crippen LogP) is 2.70. The summed E-state index contributed by atoms with van der Waals surface area (Å²) in [5.74, 6) is -1.32. The maximum atomic E-state index is 13.0. The minimum Gasteiger partial charge on any atom is -0.477 e. The molecule has 1 aromatic heterocycles. The second-order valence-corrected chi connectivity index (χ2v) is 3.95. The quantitative estimate of drug-likeness (QED) is 0.901. The minimum atomic E-state index is -1.04. The van der Waals surface area contributed by atoms with Gasteiger partial charge in [-0.05, 0) is 42.2 Å². The maximum Gasteiger partial charge on any atom is 0.354 e. The van der Waals surface area contributed by atoms with Gasteiger partial charge in [0.15, 0.2) is 5.69 Å². The van der Waals surface area contributed by atoms with Gasteiger partial charge in [0.05, 0.1) is 0 Å². The van der Waals surface area contributed by atoms with Gasteiger partial charge in [-0.3, -0.25) is 0 Å². The summed E-state index contributed by atoms with van der Waals surface area (Å²) < 4.78 is 13.0. The molecule has 0 atom stereocenters. The fourth-order valence-electron chi connectivity index (χ4n) is 1.80. The number of halogens is 1. The Kier molecular flexibility index (Phi) is 3.67. The first kappa shape index (κ1) is 12.2. The van der Waals surface area contributed by atoms with Crippen LogP contribution in [-0.4, -0.2) is 16.1 Å². The molecular weight excluding hydrogens is 233 g/mol. The summed E-state index contributed by atoms with van der Waals surface area (Å²) in [5, 5.41) is 8.98. The zero-order valence-corrected chi connectivity index (χ0v) is 9.64. The maximum absolute atomic E-state index is 13.0. The molecule has 0 aliphatic rings. The van der Waals surface area contributed by atoms with Crippen LogP contribution in [0.3, 0.4) is 0 Å². The van der Waals surface area contributed by atoms with E-state index in [0.717, 1.165) is 5.56 Å². The molecule has 0 unspecified atom stereocenters. The Balaban J connectivity index is 2.13. The molecule has 1 heterocycles. The Morgan fingerprint density at radius 1 is 1.22 bits per heavy atom. The summed E-state index contributed by atoms with van der Waals surface area (Å²) in [4.78, 5) is 14.8. The molecule has 0 fully saturated rings. The molecule has 2 rings (SSSR count). The van der Waals surface area contributed by atoms with Crippen molar-refractivity contribution in [1.29, 1.82) is 0 Å². The number of nitrogens with zero attached hydrogens (tertiary/aromatic N) is 1. The number of aromatic nitrogens is 1. The molecule has 0 aliphatic carbocycles. The van der Waals surface area contributed by atoms with E-state index in [4.69, 9.17) is 5.11 Å². The standard InChI is InChI=1S/C14H12FNO2/c15-12-5-1-3-10(9-12)6-7-11-4-2-8-16-13(11)14(17)18/h1-5,8-9H,6-7H2,(H,17,18). The normalized spacial score (nSPS) is 10.3. The van der Waals surface area contributed by atoms with Crippen LogP contribution in [0.5, 0.6) is 0 Å². The van der Waals surface area contributed by atoms with Crippen molar-refractivity contribution in [3.05, 3.63) is 65.2 Å². The molecule has 0 saturated heterocycles. The first-order chi connectivity index (χ1) is 8.66. The summed E-state index contributed by atoms with van der Waals surface area (Å²) in [6.07, 6.45) is 2.57. The van der Waals surface area contributed by atoms with Crippen molar-refractivity contribution in [2.75, 3.05) is 0 Å². The fourth-order valence-corrected chi connectivity index (χ4v) is 1.80. The van der Waals surface area contributed by atoms with Crippen molar-refractivity contribution in [2.45, 2.75) is 12.8 Å². The lowest BCUT2D eigenvalue weighted by molar-refractivity contribution is 0.0689. The number of aryl methyl sites for hydroxylation is 2. The third kappa shape index (κ3) is 2.91. The molecule has 0 amide bonds. The molecule has 0 radical (unpaired) electrons. The van der Waals surface area contributed by atoms with Crippen LogP contribution in [0.4, 0.5) is 4.39 Å². The summed E-state index contributed by atoms with van der Waals surface area (Å²) in [7, 11) is 0. The van der Waals surface area contributed by atoms with E-state index in [9.17, 15) is 9.18 Å². The molecule has 0 bridgehead atoms. The minimum absolute atomic E-state index is 0.0638. The lowest BCUT2D eigenvalue weighted by Gasteiger charge is -2.05. The lowest BCUT2D eigenvalue weighted by Crippen LogP contribution is -2.06. The molecule has 1 aromatic carbocycles. The third-order valence-corrected chi connectivity index (χ3v) is 2.67. The van der Waals surface area contributed by atoms with Crippen LogP contribution in [0.2, 0.25) is 0 Å². The van der Waals surface area contributed by atoms with Crippen molar-refractivity contribution < 1.29 is 14.3 Å². The highest BCUT2D eigenvalue weighted by Crippen LogP contribution is 2.11. The summed E-state index contributed by atoms with van der Waals surface area (Å²) in [6.45, 7) is 0. The summed E-state index contributed by atoms with van der Waals surface area (Å²) in [6, 6.07) is 9.74. The highest BCUT2D eigenvalue weighted by molar-refractivity contribution is 5.86. The van der Waals surface area contributed by atoms with Gasteiger partial charge in [-0.1, -0.05) is 18.2 Å². The monoisotopic (exact) mass is 245 g/mol. The number of pyridine rings is 1. The van der Waals surface area contributed by atoms with Gasteiger partial charge in [0.2, 0.25) is 0 Å². The van der Waals surface area contributed by atoms with E-state index in [0.29, 0.717) is 18.4 Å². The van der Waals surface area contributed by atoms with Crippen LogP contribution in [0.15, 0.2) is 42.6 Å². The summed E-state index contributed by atoms with van der Waals surface area (Å²) >= 11 is 0. The number of carboxylic acids is 1. The van der Waals surface area contributed by atoms with Gasteiger partial charge in [-0.2, -0.15) is 0 Å². The number of carbonyl (C=O) groups is 1. The van der Waals surface area contributed by atoms with Gasteiger partial charge in [0, 0.05) is 6.20 Å². The molecule has 92 valence electrons. The van der Waals surface area contributed by atoms with E-state index in [2.05, 4.69) is 4.98 Å². The number of hydrogen-bond acceptors (Lipinski definition) is 2. The van der Waals surface area contributed by atoms with Gasteiger partial charge < -0.3 is 5.11 Å². The van der Waals surface area contributed by atoms with Crippen molar-refractivity contribution in [3.8, 4) is 0 Å². The first-order valence-corrected chi connectivity index (χ1v) is 5.58. The van der Waals surface area contributed by atoms with Crippen LogP contribution >= 0.6 is 0 Å². The summed E-state index contributed by atoms with van der Waals surface area (Å²) in [5.41, 5.74) is 1.57. The number of aromatic carboxylic acids is 1. The molecule has 3 nitrogen and oxygen atoms in total. The van der Waals surface area contributed by atoms with Crippen LogP contribution in [-0.2, 0) is 12.8 Å². The number of benzene rings is 1. The number of hydrogen-bond donors (Lipinski definition) is 1. The Hall–Kier alpha value is -2.23. The van der Waals surface area contributed by atoms with Gasteiger partial charge in [-0.15, -0.1) is 0 Å². The van der Waals surface area contributed by atoms with Crippen molar-refractivity contribution >= 4 is 5.97 Å². The van der Waals surface area contributed by atoms with Crippen LogP contribution < -0.4 is 0 Å². The second kappa shape index (κ2) is 5.40. The molecule has 0 spiro atoms. The molecule has 18 heavy (non-hydrogen) atoms. The zero-order chi connectivity index (χ0) is 13.0. The van der Waals surface area contributed by atoms with E-state index in [1.807, 2.05) is 6.07 Å². The average molecular weight is 245 g/mol. The molecule has 0 aliphatic heterocycles. The SMILES string of the molecule is O=C(O)c1ncccc1CCc1cccc(F)c1. The van der Waals surface area contributed by atoms with Crippen LogP contribution in [0, 0.1) is 5.82 Å². The predicted molar refractivity (Wildman–Crippen MR) is 65.0 cm³/mol. The molecule has 1 N–H and O–H groups in total. The van der Waals surface area contributed by atoms with E-state index in [-0.39, 0.29) is 11.5 Å². The van der Waals surface area contributed by atoms with E-state index >= 15 is 0 Å². The van der Waals surface area contributed by atoms with E-state index in [1.165, 1.54) is 18.3 Å². The van der Waals surface area contributed by atoms with Gasteiger partial charge in [0.25, 0.3) is 0 Å². The highest BCUT2D eigenvalue weighted by Gasteiger charge is 2.10. The van der Waals surface area contributed by atoms with Crippen LogP contribution in [0.25, 0.3) is 0 Å². The van der Waals surface area contributed by atoms with E-state index < -0.39 is 5.97 Å². The Morgan fingerprint density at radius 2 is 2.06 bits per heavy atom. The lowest BCUT2D eigenvalue weighted by atomic mass is 10.0. The second-order valence-electron chi connectivity index (χ2n) is 3.95. The van der Waals surface area contributed by atoms with Crippen molar-refractivity contribution in [3.63, 3.8) is 0 Å². The van der Waals surface area contributed by atoms with Gasteiger partial charge in [-0.25, -0.2) is 14.2 Å². The van der Waals surface area contributed by atoms with Crippen molar-refractivity contribution in [1.82, 2.24) is 4.98 Å². The molecule has 4 heteroatoms. The van der Waals surface area contributed by atoms with Gasteiger partial charge in [0.1, 0.15) is 5.82 Å². The topological polar surface area (TPSA) is 50.2 Å². The first-order valence-electron chi connectivity index (χ1n) is 5.58. The molecule has 2 aromatic rings. The average Bonchev–Trinajstić information content (AvgIpc) is 2.37. The molecule has 0 saturated carbocycles. The fraction of sp³-hybridized carbons (Fsp3) is 0.143. The van der Waals surface area contributed by atoms with Gasteiger partial charge >= 0.3 is 5.97 Å². The molecular formula is C14H12FNO2. The Bertz CT molecular complexity index is 569. The Morgan fingerprint density at radius 3 is 2.78 bits per heavy atom. The Labute approximate surface area is 104 Å². The highest BCUT2D eigenvalue weighted by atomic mass is 19.1.